The number of para-hydroxylation sites is 1. The van der Waals surface area contributed by atoms with E-state index in [1.165, 1.54) is 6.07 Å². The summed E-state index contributed by atoms with van der Waals surface area (Å²) < 4.78 is 26.5. The smallest absolute Gasteiger partial charge is 0.226 e. The largest absolute Gasteiger partial charge is 0.325 e. The predicted molar refractivity (Wildman–Crippen MR) is 60.4 cm³/mol. The zero-order chi connectivity index (χ0) is 12.5. The summed E-state index contributed by atoms with van der Waals surface area (Å²) in [7, 11) is 0. The van der Waals surface area contributed by atoms with Crippen LogP contribution in [0.25, 0.3) is 0 Å². The van der Waals surface area contributed by atoms with E-state index in [2.05, 4.69) is 5.32 Å². The molecule has 17 heavy (non-hydrogen) atoms. The molecule has 0 heterocycles. The molecular formula is C12H14F2N2O. The number of amides is 1. The molecule has 92 valence electrons. The van der Waals surface area contributed by atoms with Crippen LogP contribution in [0.2, 0.25) is 0 Å². The lowest BCUT2D eigenvalue weighted by atomic mass is 9.75. The zero-order valence-corrected chi connectivity index (χ0v) is 9.30. The van der Waals surface area contributed by atoms with Crippen molar-refractivity contribution in [2.75, 3.05) is 5.32 Å². The van der Waals surface area contributed by atoms with Crippen molar-refractivity contribution < 1.29 is 13.6 Å². The molecule has 0 aromatic heterocycles. The molecule has 0 radical (unpaired) electrons. The highest BCUT2D eigenvalue weighted by atomic mass is 19.1. The van der Waals surface area contributed by atoms with Crippen molar-refractivity contribution in [2.24, 2.45) is 5.73 Å². The molecule has 0 unspecified atom stereocenters. The van der Waals surface area contributed by atoms with Crippen LogP contribution in [0, 0.1) is 11.6 Å². The van der Waals surface area contributed by atoms with Gasteiger partial charge in [0.05, 0.1) is 0 Å². The van der Waals surface area contributed by atoms with Crippen LogP contribution in [0.4, 0.5) is 14.5 Å². The van der Waals surface area contributed by atoms with E-state index in [0.717, 1.165) is 31.4 Å². The monoisotopic (exact) mass is 240 g/mol. The highest BCUT2D eigenvalue weighted by Gasteiger charge is 2.34. The molecule has 1 aromatic carbocycles. The summed E-state index contributed by atoms with van der Waals surface area (Å²) in [4.78, 5) is 11.6. The zero-order valence-electron chi connectivity index (χ0n) is 9.30. The van der Waals surface area contributed by atoms with Gasteiger partial charge in [-0.25, -0.2) is 8.78 Å². The molecule has 0 aliphatic heterocycles. The Hall–Kier alpha value is -1.49. The Bertz CT molecular complexity index is 424. The van der Waals surface area contributed by atoms with Crippen molar-refractivity contribution >= 4 is 11.6 Å². The van der Waals surface area contributed by atoms with Gasteiger partial charge in [-0.05, 0) is 31.4 Å². The van der Waals surface area contributed by atoms with Gasteiger partial charge in [0.25, 0.3) is 0 Å². The molecular weight excluding hydrogens is 226 g/mol. The van der Waals surface area contributed by atoms with Gasteiger partial charge in [-0.15, -0.1) is 0 Å². The Labute approximate surface area is 98.0 Å². The fraction of sp³-hybridized carbons (Fsp3) is 0.417. The average Bonchev–Trinajstić information content (AvgIpc) is 2.21. The number of halogens is 2. The molecule has 3 N–H and O–H groups in total. The topological polar surface area (TPSA) is 55.1 Å². The van der Waals surface area contributed by atoms with Gasteiger partial charge in [0, 0.05) is 12.0 Å². The highest BCUT2D eigenvalue weighted by Crippen LogP contribution is 2.32. The van der Waals surface area contributed by atoms with Gasteiger partial charge in [0.1, 0.15) is 17.3 Å². The van der Waals surface area contributed by atoms with E-state index in [4.69, 9.17) is 5.73 Å². The van der Waals surface area contributed by atoms with Crippen LogP contribution in [0.3, 0.4) is 0 Å². The number of anilines is 1. The molecule has 1 aromatic rings. The molecule has 0 atom stereocenters. The SMILES string of the molecule is NC1(CC(=O)Nc2c(F)cccc2F)CCC1. The molecule has 1 fully saturated rings. The Kier molecular flexibility index (Phi) is 3.11. The first-order valence-electron chi connectivity index (χ1n) is 5.53. The second-order valence-corrected chi connectivity index (χ2v) is 4.54. The molecule has 0 saturated heterocycles. The maximum Gasteiger partial charge on any atom is 0.226 e. The van der Waals surface area contributed by atoms with Crippen LogP contribution in [0.15, 0.2) is 18.2 Å². The lowest BCUT2D eigenvalue weighted by Gasteiger charge is -2.37. The van der Waals surface area contributed by atoms with Gasteiger partial charge in [0.2, 0.25) is 5.91 Å². The second-order valence-electron chi connectivity index (χ2n) is 4.54. The minimum absolute atomic E-state index is 0.0980. The molecule has 5 heteroatoms. The van der Waals surface area contributed by atoms with Gasteiger partial charge in [0.15, 0.2) is 0 Å². The van der Waals surface area contributed by atoms with Crippen molar-refractivity contribution in [3.63, 3.8) is 0 Å². The van der Waals surface area contributed by atoms with E-state index in [1.807, 2.05) is 0 Å². The Morgan fingerprint density at radius 2 is 1.94 bits per heavy atom. The fourth-order valence-electron chi connectivity index (χ4n) is 1.93. The summed E-state index contributed by atoms with van der Waals surface area (Å²) in [5.41, 5.74) is 4.99. The van der Waals surface area contributed by atoms with Crippen LogP contribution in [0.5, 0.6) is 0 Å². The average molecular weight is 240 g/mol. The predicted octanol–water partition coefficient (Wildman–Crippen LogP) is 2.17. The first-order chi connectivity index (χ1) is 8.00. The number of rotatable bonds is 3. The van der Waals surface area contributed by atoms with Crippen LogP contribution >= 0.6 is 0 Å². The minimum Gasteiger partial charge on any atom is -0.325 e. The number of benzene rings is 1. The van der Waals surface area contributed by atoms with Crippen molar-refractivity contribution in [1.82, 2.24) is 0 Å². The van der Waals surface area contributed by atoms with Gasteiger partial charge < -0.3 is 11.1 Å². The van der Waals surface area contributed by atoms with E-state index in [1.54, 1.807) is 0 Å². The standard InChI is InChI=1S/C12H14F2N2O/c13-8-3-1-4-9(14)11(8)16-10(17)7-12(15)5-2-6-12/h1,3-4H,2,5-7,15H2,(H,16,17). The normalized spacial score (nSPS) is 17.4. The third-order valence-electron chi connectivity index (χ3n) is 3.09. The second kappa shape index (κ2) is 4.41. The first kappa shape index (κ1) is 12.0. The maximum absolute atomic E-state index is 13.3. The lowest BCUT2D eigenvalue weighted by Crippen LogP contribution is -2.49. The van der Waals surface area contributed by atoms with Crippen LogP contribution in [0.1, 0.15) is 25.7 Å². The molecule has 2 rings (SSSR count). The number of nitrogens with one attached hydrogen (secondary N) is 1. The minimum atomic E-state index is -0.780. The van der Waals surface area contributed by atoms with Crippen molar-refractivity contribution in [3.8, 4) is 0 Å². The molecule has 0 bridgehead atoms. The summed E-state index contributed by atoms with van der Waals surface area (Å²) in [6.07, 6.45) is 2.65. The molecule has 1 saturated carbocycles. The maximum atomic E-state index is 13.3. The van der Waals surface area contributed by atoms with Gasteiger partial charge in [-0.3, -0.25) is 4.79 Å². The van der Waals surface area contributed by atoms with E-state index in [-0.39, 0.29) is 6.42 Å². The first-order valence-corrected chi connectivity index (χ1v) is 5.53. The lowest BCUT2D eigenvalue weighted by molar-refractivity contribution is -0.118. The van der Waals surface area contributed by atoms with Gasteiger partial charge in [-0.1, -0.05) is 6.07 Å². The van der Waals surface area contributed by atoms with E-state index < -0.39 is 28.8 Å². The van der Waals surface area contributed by atoms with Gasteiger partial charge in [-0.2, -0.15) is 0 Å². The summed E-state index contributed by atoms with van der Waals surface area (Å²) in [5, 5.41) is 2.23. The molecule has 0 spiro atoms. The van der Waals surface area contributed by atoms with Crippen molar-refractivity contribution in [2.45, 2.75) is 31.2 Å². The van der Waals surface area contributed by atoms with Crippen LogP contribution in [-0.2, 0) is 4.79 Å². The van der Waals surface area contributed by atoms with E-state index in [0.29, 0.717) is 0 Å². The van der Waals surface area contributed by atoms with Crippen LogP contribution < -0.4 is 11.1 Å². The number of carbonyl (C=O) groups excluding carboxylic acids is 1. The molecule has 1 aliphatic rings. The van der Waals surface area contributed by atoms with Crippen LogP contribution in [-0.4, -0.2) is 11.4 Å². The quantitative estimate of drug-likeness (QED) is 0.850. The molecule has 1 amide bonds. The van der Waals surface area contributed by atoms with Gasteiger partial charge >= 0.3 is 0 Å². The number of carbonyl (C=O) groups is 1. The van der Waals surface area contributed by atoms with E-state index in [9.17, 15) is 13.6 Å². The summed E-state index contributed by atoms with van der Waals surface area (Å²) in [5.74, 6) is -2.01. The summed E-state index contributed by atoms with van der Waals surface area (Å²) >= 11 is 0. The Morgan fingerprint density at radius 1 is 1.35 bits per heavy atom. The number of hydrogen-bond donors (Lipinski definition) is 2. The summed E-state index contributed by atoms with van der Waals surface area (Å²) in [6, 6.07) is 3.44. The Balaban J connectivity index is 2.03. The third-order valence-corrected chi connectivity index (χ3v) is 3.09. The van der Waals surface area contributed by atoms with Crippen molar-refractivity contribution in [3.05, 3.63) is 29.8 Å². The van der Waals surface area contributed by atoms with Crippen molar-refractivity contribution in [1.29, 1.82) is 0 Å². The third kappa shape index (κ3) is 2.61. The Morgan fingerprint density at radius 3 is 2.41 bits per heavy atom. The number of hydrogen-bond acceptors (Lipinski definition) is 2. The molecule has 3 nitrogen and oxygen atoms in total. The molecule has 1 aliphatic carbocycles. The fourth-order valence-corrected chi connectivity index (χ4v) is 1.93. The highest BCUT2D eigenvalue weighted by molar-refractivity contribution is 5.91. The number of nitrogens with two attached hydrogens (primary N) is 1. The van der Waals surface area contributed by atoms with E-state index >= 15 is 0 Å². The summed E-state index contributed by atoms with van der Waals surface area (Å²) in [6.45, 7) is 0.